The van der Waals surface area contributed by atoms with Crippen LogP contribution < -0.4 is 9.47 Å². The number of non-ortho nitro benzene ring substituents is 2. The summed E-state index contributed by atoms with van der Waals surface area (Å²) in [6.45, 7) is 0. The second-order valence-corrected chi connectivity index (χ2v) is 4.86. The first-order valence-corrected chi connectivity index (χ1v) is 7.17. The van der Waals surface area contributed by atoms with E-state index in [0.29, 0.717) is 22.6 Å². The van der Waals surface area contributed by atoms with Crippen molar-refractivity contribution < 1.29 is 19.3 Å². The third-order valence-electron chi connectivity index (χ3n) is 3.31. The summed E-state index contributed by atoms with van der Waals surface area (Å²) in [7, 11) is 2.85. The molecule has 2 rings (SSSR count). The molecule has 0 aliphatic heterocycles. The van der Waals surface area contributed by atoms with E-state index in [9.17, 15) is 20.2 Å². The van der Waals surface area contributed by atoms with E-state index in [2.05, 4.69) is 10.2 Å². The summed E-state index contributed by atoms with van der Waals surface area (Å²) in [6, 6.07) is 8.12. The third-order valence-corrected chi connectivity index (χ3v) is 3.31. The van der Waals surface area contributed by atoms with Crippen LogP contribution in [0.15, 0.2) is 46.6 Å². The smallest absolute Gasteiger partial charge is 0.270 e. The number of hydrogen-bond acceptors (Lipinski definition) is 8. The van der Waals surface area contributed by atoms with Gasteiger partial charge in [0.2, 0.25) is 0 Å². The Morgan fingerprint density at radius 3 is 1.50 bits per heavy atom. The average molecular weight is 358 g/mol. The second kappa shape index (κ2) is 8.33. The second-order valence-electron chi connectivity index (χ2n) is 4.86. The van der Waals surface area contributed by atoms with Gasteiger partial charge in [0.25, 0.3) is 11.4 Å². The first-order valence-electron chi connectivity index (χ1n) is 7.17. The number of rotatable bonds is 7. The van der Waals surface area contributed by atoms with Crippen molar-refractivity contribution in [2.75, 3.05) is 14.2 Å². The number of benzene rings is 2. The Bertz CT molecular complexity index is 821. The number of nitro groups is 2. The van der Waals surface area contributed by atoms with Crippen LogP contribution in [-0.2, 0) is 0 Å². The minimum absolute atomic E-state index is 0.114. The summed E-state index contributed by atoms with van der Waals surface area (Å²) in [5.74, 6) is 0.782. The molecule has 10 heteroatoms. The lowest BCUT2D eigenvalue weighted by Crippen LogP contribution is -1.95. The molecule has 2 aromatic rings. The van der Waals surface area contributed by atoms with Gasteiger partial charge in [0.05, 0.1) is 36.5 Å². The fourth-order valence-electron chi connectivity index (χ4n) is 2.06. The molecule has 0 amide bonds. The van der Waals surface area contributed by atoms with E-state index in [-0.39, 0.29) is 11.4 Å². The molecule has 0 atom stereocenters. The molecule has 0 saturated heterocycles. The number of nitro benzene ring substituents is 2. The van der Waals surface area contributed by atoms with E-state index in [1.54, 1.807) is 0 Å². The summed E-state index contributed by atoms with van der Waals surface area (Å²) < 4.78 is 10.2. The monoisotopic (exact) mass is 358 g/mol. The molecule has 2 aromatic carbocycles. The fourth-order valence-corrected chi connectivity index (χ4v) is 2.06. The fraction of sp³-hybridized carbons (Fsp3) is 0.125. The van der Waals surface area contributed by atoms with Gasteiger partial charge in [-0.2, -0.15) is 10.2 Å². The average Bonchev–Trinajstić information content (AvgIpc) is 2.64. The predicted molar refractivity (Wildman–Crippen MR) is 94.5 cm³/mol. The van der Waals surface area contributed by atoms with E-state index in [1.807, 2.05) is 0 Å². The first kappa shape index (κ1) is 18.5. The Balaban J connectivity index is 2.28. The zero-order chi connectivity index (χ0) is 19.1. The van der Waals surface area contributed by atoms with Gasteiger partial charge in [0, 0.05) is 35.4 Å². The minimum atomic E-state index is -0.534. The van der Waals surface area contributed by atoms with Crippen LogP contribution in [-0.4, -0.2) is 36.5 Å². The van der Waals surface area contributed by atoms with Crippen molar-refractivity contribution in [1.29, 1.82) is 0 Å². The van der Waals surface area contributed by atoms with Gasteiger partial charge in [-0.3, -0.25) is 20.2 Å². The standard InChI is InChI=1S/C16H14N4O6/c1-25-15-5-3-13(19(21)22)7-11(15)9-17-18-10-12-8-14(20(23)24)4-6-16(12)26-2/h3-10H,1-2H3. The highest BCUT2D eigenvalue weighted by Crippen LogP contribution is 2.23. The highest BCUT2D eigenvalue weighted by molar-refractivity contribution is 5.87. The van der Waals surface area contributed by atoms with Crippen LogP contribution in [0.1, 0.15) is 11.1 Å². The highest BCUT2D eigenvalue weighted by atomic mass is 16.6. The Labute approximate surface area is 147 Å². The van der Waals surface area contributed by atoms with Gasteiger partial charge >= 0.3 is 0 Å². The Morgan fingerprint density at radius 1 is 0.808 bits per heavy atom. The summed E-state index contributed by atoms with van der Waals surface area (Å²) in [4.78, 5) is 20.6. The summed E-state index contributed by atoms with van der Waals surface area (Å²) >= 11 is 0. The van der Waals surface area contributed by atoms with Gasteiger partial charge in [0.1, 0.15) is 11.5 Å². The molecule has 0 heterocycles. The molecule has 0 N–H and O–H groups in total. The molecule has 0 aromatic heterocycles. The van der Waals surface area contributed by atoms with Gasteiger partial charge in [-0.05, 0) is 12.1 Å². The van der Waals surface area contributed by atoms with Gasteiger partial charge < -0.3 is 9.47 Å². The lowest BCUT2D eigenvalue weighted by molar-refractivity contribution is -0.385. The molecular weight excluding hydrogens is 344 g/mol. The van der Waals surface area contributed by atoms with Gasteiger partial charge in [0.15, 0.2) is 0 Å². The van der Waals surface area contributed by atoms with E-state index in [4.69, 9.17) is 9.47 Å². The molecule has 0 radical (unpaired) electrons. The van der Waals surface area contributed by atoms with Crippen LogP contribution in [0, 0.1) is 20.2 Å². The zero-order valence-corrected chi connectivity index (χ0v) is 13.9. The molecular formula is C16H14N4O6. The van der Waals surface area contributed by atoms with Crippen LogP contribution in [0.5, 0.6) is 11.5 Å². The summed E-state index contributed by atoms with van der Waals surface area (Å²) in [6.07, 6.45) is 2.57. The van der Waals surface area contributed by atoms with Gasteiger partial charge in [-0.25, -0.2) is 0 Å². The van der Waals surface area contributed by atoms with Crippen LogP contribution >= 0.6 is 0 Å². The largest absolute Gasteiger partial charge is 0.496 e. The van der Waals surface area contributed by atoms with Gasteiger partial charge in [-0.15, -0.1) is 0 Å². The Hall–Kier alpha value is -3.82. The quantitative estimate of drug-likeness (QED) is 0.425. The molecule has 10 nitrogen and oxygen atoms in total. The topological polar surface area (TPSA) is 129 Å². The highest BCUT2D eigenvalue weighted by Gasteiger charge is 2.11. The van der Waals surface area contributed by atoms with Crippen molar-refractivity contribution in [3.8, 4) is 11.5 Å². The van der Waals surface area contributed by atoms with Crippen molar-refractivity contribution in [3.63, 3.8) is 0 Å². The lowest BCUT2D eigenvalue weighted by Gasteiger charge is -2.03. The van der Waals surface area contributed by atoms with Crippen LogP contribution in [0.3, 0.4) is 0 Å². The summed E-state index contributed by atoms with van der Waals surface area (Å²) in [5.41, 5.74) is 0.503. The molecule has 0 unspecified atom stereocenters. The molecule has 134 valence electrons. The molecule has 0 spiro atoms. The predicted octanol–water partition coefficient (Wildman–Crippen LogP) is 2.97. The number of methoxy groups -OCH3 is 2. The van der Waals surface area contributed by atoms with E-state index in [0.717, 1.165) is 0 Å². The van der Waals surface area contributed by atoms with Gasteiger partial charge in [-0.1, -0.05) is 0 Å². The van der Waals surface area contributed by atoms with Crippen LogP contribution in [0.25, 0.3) is 0 Å². The maximum Gasteiger partial charge on any atom is 0.270 e. The van der Waals surface area contributed by atoms with Crippen molar-refractivity contribution >= 4 is 23.8 Å². The number of hydrogen-bond donors (Lipinski definition) is 0. The van der Waals surface area contributed by atoms with Crippen LogP contribution in [0.4, 0.5) is 11.4 Å². The zero-order valence-electron chi connectivity index (χ0n) is 13.9. The maximum absolute atomic E-state index is 10.8. The van der Waals surface area contributed by atoms with E-state index >= 15 is 0 Å². The SMILES string of the molecule is COc1ccc([N+](=O)[O-])cc1C=NN=Cc1cc([N+](=O)[O-])ccc1OC. The Morgan fingerprint density at radius 2 is 1.19 bits per heavy atom. The first-order chi connectivity index (χ1) is 12.5. The van der Waals surface area contributed by atoms with E-state index in [1.165, 1.54) is 63.0 Å². The number of nitrogens with zero attached hydrogens (tertiary/aromatic N) is 4. The van der Waals surface area contributed by atoms with Crippen molar-refractivity contribution in [2.24, 2.45) is 10.2 Å². The van der Waals surface area contributed by atoms with Crippen molar-refractivity contribution in [3.05, 3.63) is 67.8 Å². The molecule has 0 fully saturated rings. The molecule has 0 bridgehead atoms. The normalized spacial score (nSPS) is 11.0. The molecule has 0 aliphatic rings. The minimum Gasteiger partial charge on any atom is -0.496 e. The van der Waals surface area contributed by atoms with Crippen molar-refractivity contribution in [2.45, 2.75) is 0 Å². The maximum atomic E-state index is 10.8. The Kier molecular flexibility index (Phi) is 5.93. The lowest BCUT2D eigenvalue weighted by atomic mass is 10.2. The third kappa shape index (κ3) is 4.38. The van der Waals surface area contributed by atoms with Crippen LogP contribution in [0.2, 0.25) is 0 Å². The molecule has 26 heavy (non-hydrogen) atoms. The summed E-state index contributed by atoms with van der Waals surface area (Å²) in [5, 5.41) is 29.3. The van der Waals surface area contributed by atoms with Crippen molar-refractivity contribution in [1.82, 2.24) is 0 Å². The molecule has 0 saturated carbocycles. The molecule has 0 aliphatic carbocycles. The number of ether oxygens (including phenoxy) is 2. The van der Waals surface area contributed by atoms with E-state index < -0.39 is 9.85 Å².